The van der Waals surface area contributed by atoms with Crippen molar-refractivity contribution >= 4 is 11.9 Å². The molecule has 2 atom stereocenters. The Balaban J connectivity index is 0.989. The van der Waals surface area contributed by atoms with E-state index in [4.69, 9.17) is 37.9 Å². The molecule has 0 N–H and O–H groups in total. The molecular formula is C50H46O10. The van der Waals surface area contributed by atoms with Crippen molar-refractivity contribution in [2.75, 3.05) is 26.4 Å². The Kier molecular flexibility index (Phi) is 15.0. The average molecular weight is 807 g/mol. The summed E-state index contributed by atoms with van der Waals surface area (Å²) < 4.78 is 46.9. The largest absolute Gasteiger partial charge is 0.490 e. The fraction of sp³-hybridized carbons (Fsp3) is 0.160. The van der Waals surface area contributed by atoms with E-state index in [0.29, 0.717) is 34.5 Å². The standard InChI is InChI=1S/C50H46O10/c1-35(2)49(51)59-47(33-55-41-23-27-45(28-24-41)57-43-11-7-5-8-12-43)31-53-39-19-15-37(16-20-39)38-17-21-40(22-18-38)54-32-48(60-50(52)36(3)4)34-56-42-25-29-46(30-26-42)58-44-13-9-6-10-14-44/h5-30,47-48H,1,3,31-34H2,2,4H3. The van der Waals surface area contributed by atoms with Gasteiger partial charge in [-0.2, -0.15) is 0 Å². The van der Waals surface area contributed by atoms with E-state index in [-0.39, 0.29) is 37.6 Å². The number of ether oxygens (including phenoxy) is 8. The van der Waals surface area contributed by atoms with E-state index >= 15 is 0 Å². The Morgan fingerprint density at radius 2 is 0.633 bits per heavy atom. The van der Waals surface area contributed by atoms with E-state index in [1.165, 1.54) is 0 Å². The fourth-order valence-corrected chi connectivity index (χ4v) is 5.44. The maximum atomic E-state index is 12.4. The van der Waals surface area contributed by atoms with Crippen LogP contribution in [0.1, 0.15) is 13.8 Å². The van der Waals surface area contributed by atoms with Crippen LogP contribution < -0.4 is 28.4 Å². The fourth-order valence-electron chi connectivity index (χ4n) is 5.44. The molecule has 0 fully saturated rings. The Hall–Kier alpha value is -7.46. The SMILES string of the molecule is C=C(C)C(=O)OC(COc1ccc(Oc2ccccc2)cc1)COc1ccc(-c2ccc(OCC(COc3ccc(Oc4ccccc4)cc3)OC(=O)C(=C)C)cc2)cc1. The minimum Gasteiger partial charge on any atom is -0.490 e. The van der Waals surface area contributed by atoms with Crippen LogP contribution in [-0.4, -0.2) is 50.6 Å². The normalized spacial score (nSPS) is 11.6. The molecule has 0 saturated heterocycles. The summed E-state index contributed by atoms with van der Waals surface area (Å²) in [5.41, 5.74) is 2.44. The van der Waals surface area contributed by atoms with Gasteiger partial charge in [0.05, 0.1) is 0 Å². The van der Waals surface area contributed by atoms with Crippen LogP contribution in [0.25, 0.3) is 11.1 Å². The predicted molar refractivity (Wildman–Crippen MR) is 229 cm³/mol. The molecule has 6 aromatic carbocycles. The molecule has 10 heteroatoms. The van der Waals surface area contributed by atoms with Gasteiger partial charge in [0.25, 0.3) is 0 Å². The van der Waals surface area contributed by atoms with Crippen molar-refractivity contribution < 1.29 is 47.5 Å². The number of benzene rings is 6. The van der Waals surface area contributed by atoms with Gasteiger partial charge >= 0.3 is 11.9 Å². The van der Waals surface area contributed by atoms with E-state index in [0.717, 1.165) is 22.6 Å². The number of para-hydroxylation sites is 2. The first-order valence-corrected chi connectivity index (χ1v) is 19.3. The van der Waals surface area contributed by atoms with Crippen LogP contribution in [0.2, 0.25) is 0 Å². The summed E-state index contributed by atoms with van der Waals surface area (Å²) in [6.07, 6.45) is -1.41. The molecule has 306 valence electrons. The first-order valence-electron chi connectivity index (χ1n) is 19.3. The molecule has 6 aromatic rings. The van der Waals surface area contributed by atoms with Crippen molar-refractivity contribution in [3.63, 3.8) is 0 Å². The Labute approximate surface area is 350 Å². The highest BCUT2D eigenvalue weighted by atomic mass is 16.6. The monoisotopic (exact) mass is 806 g/mol. The number of carbonyl (C=O) groups excluding carboxylic acids is 2. The zero-order valence-electron chi connectivity index (χ0n) is 33.5. The smallest absolute Gasteiger partial charge is 0.333 e. The molecule has 0 spiro atoms. The van der Waals surface area contributed by atoms with Gasteiger partial charge in [0.2, 0.25) is 0 Å². The predicted octanol–water partition coefficient (Wildman–Crippen LogP) is 10.8. The number of hydrogen-bond donors (Lipinski definition) is 0. The maximum absolute atomic E-state index is 12.4. The molecule has 10 nitrogen and oxygen atoms in total. The second-order valence-corrected chi connectivity index (χ2v) is 13.7. The summed E-state index contributed by atoms with van der Waals surface area (Å²) in [6.45, 7) is 10.8. The van der Waals surface area contributed by atoms with Crippen molar-refractivity contribution in [3.8, 4) is 57.1 Å². The molecule has 0 aromatic heterocycles. The van der Waals surface area contributed by atoms with E-state index in [1.54, 1.807) is 62.4 Å². The molecular weight excluding hydrogens is 761 g/mol. The lowest BCUT2D eigenvalue weighted by Gasteiger charge is -2.20. The summed E-state index contributed by atoms with van der Waals surface area (Å²) in [7, 11) is 0. The van der Waals surface area contributed by atoms with Gasteiger partial charge in [-0.05, 0) is 122 Å². The summed E-state index contributed by atoms with van der Waals surface area (Å²) >= 11 is 0. The topological polar surface area (TPSA) is 108 Å². The first kappa shape index (κ1) is 42.2. The summed E-state index contributed by atoms with van der Waals surface area (Å²) in [4.78, 5) is 24.8. The zero-order chi connectivity index (χ0) is 42.1. The molecule has 2 unspecified atom stereocenters. The summed E-state index contributed by atoms with van der Waals surface area (Å²) in [5, 5.41) is 0. The molecule has 0 radical (unpaired) electrons. The Bertz CT molecular complexity index is 2120. The van der Waals surface area contributed by atoms with Gasteiger partial charge in [-0.1, -0.05) is 73.8 Å². The van der Waals surface area contributed by atoms with Crippen molar-refractivity contribution in [3.05, 3.63) is 182 Å². The molecule has 0 amide bonds. The number of rotatable bonds is 21. The van der Waals surface area contributed by atoms with Crippen LogP contribution in [0.3, 0.4) is 0 Å². The zero-order valence-corrected chi connectivity index (χ0v) is 33.5. The van der Waals surface area contributed by atoms with Gasteiger partial charge in [-0.3, -0.25) is 0 Å². The minimum absolute atomic E-state index is 0.0588. The van der Waals surface area contributed by atoms with Crippen LogP contribution in [0.4, 0.5) is 0 Å². The minimum atomic E-state index is -0.705. The van der Waals surface area contributed by atoms with Crippen molar-refractivity contribution in [1.29, 1.82) is 0 Å². The van der Waals surface area contributed by atoms with E-state index in [1.807, 2.05) is 109 Å². The molecule has 0 aliphatic rings. The lowest BCUT2D eigenvalue weighted by Crippen LogP contribution is -2.31. The van der Waals surface area contributed by atoms with Crippen molar-refractivity contribution in [2.24, 2.45) is 0 Å². The van der Waals surface area contributed by atoms with Crippen LogP contribution in [-0.2, 0) is 19.1 Å². The molecule has 60 heavy (non-hydrogen) atoms. The highest BCUT2D eigenvalue weighted by Crippen LogP contribution is 2.27. The third-order valence-electron chi connectivity index (χ3n) is 8.64. The third kappa shape index (κ3) is 13.3. The Morgan fingerprint density at radius 1 is 0.383 bits per heavy atom. The molecule has 0 bridgehead atoms. The van der Waals surface area contributed by atoms with E-state index < -0.39 is 24.1 Å². The maximum Gasteiger partial charge on any atom is 0.333 e. The second kappa shape index (κ2) is 21.3. The molecule has 0 aliphatic heterocycles. The van der Waals surface area contributed by atoms with Gasteiger partial charge in [-0.15, -0.1) is 0 Å². The average Bonchev–Trinajstić information content (AvgIpc) is 3.27. The number of carbonyl (C=O) groups is 2. The highest BCUT2D eigenvalue weighted by Gasteiger charge is 2.19. The van der Waals surface area contributed by atoms with Crippen LogP contribution >= 0.6 is 0 Å². The van der Waals surface area contributed by atoms with Gasteiger partial charge in [0.1, 0.15) is 72.4 Å². The van der Waals surface area contributed by atoms with Crippen LogP contribution in [0, 0.1) is 0 Å². The summed E-state index contributed by atoms with van der Waals surface area (Å²) in [6, 6.07) is 48.4. The quantitative estimate of drug-likeness (QED) is 0.0515. The summed E-state index contributed by atoms with van der Waals surface area (Å²) in [5.74, 6) is 4.07. The van der Waals surface area contributed by atoms with Crippen molar-refractivity contribution in [2.45, 2.75) is 26.1 Å². The highest BCUT2D eigenvalue weighted by molar-refractivity contribution is 5.87. The number of esters is 2. The number of hydrogen-bond acceptors (Lipinski definition) is 10. The van der Waals surface area contributed by atoms with Gasteiger partial charge < -0.3 is 37.9 Å². The third-order valence-corrected chi connectivity index (χ3v) is 8.64. The van der Waals surface area contributed by atoms with Gasteiger partial charge in [0, 0.05) is 11.1 Å². The lowest BCUT2D eigenvalue weighted by molar-refractivity contribution is -0.148. The lowest BCUT2D eigenvalue weighted by atomic mass is 10.1. The molecule has 6 rings (SSSR count). The van der Waals surface area contributed by atoms with E-state index in [2.05, 4.69) is 13.2 Å². The molecule has 0 heterocycles. The van der Waals surface area contributed by atoms with E-state index in [9.17, 15) is 9.59 Å². The van der Waals surface area contributed by atoms with Gasteiger partial charge in [0.15, 0.2) is 12.2 Å². The van der Waals surface area contributed by atoms with Crippen LogP contribution in [0.15, 0.2) is 182 Å². The van der Waals surface area contributed by atoms with Crippen LogP contribution in [0.5, 0.6) is 46.0 Å². The molecule has 0 saturated carbocycles. The van der Waals surface area contributed by atoms with Crippen molar-refractivity contribution in [1.82, 2.24) is 0 Å². The molecule has 0 aliphatic carbocycles. The first-order chi connectivity index (χ1) is 29.2. The Morgan fingerprint density at radius 3 is 0.917 bits per heavy atom. The van der Waals surface area contributed by atoms with Gasteiger partial charge in [-0.25, -0.2) is 9.59 Å². The second-order valence-electron chi connectivity index (χ2n) is 13.7.